The van der Waals surface area contributed by atoms with Crippen molar-refractivity contribution in [1.29, 1.82) is 5.26 Å². The lowest BCUT2D eigenvalue weighted by molar-refractivity contribution is 0.418. The summed E-state index contributed by atoms with van der Waals surface area (Å²) in [7, 11) is 0. The Bertz CT molecular complexity index is 2230. The third kappa shape index (κ3) is 3.43. The van der Waals surface area contributed by atoms with Gasteiger partial charge in [0.25, 0.3) is 0 Å². The third-order valence-corrected chi connectivity index (χ3v) is 8.53. The summed E-state index contributed by atoms with van der Waals surface area (Å²) in [6.07, 6.45) is 1.86. The van der Waals surface area contributed by atoms with Crippen LogP contribution in [0, 0.1) is 11.3 Å². The van der Waals surface area contributed by atoms with Crippen molar-refractivity contribution in [3.63, 3.8) is 0 Å². The van der Waals surface area contributed by atoms with Gasteiger partial charge in [-0.1, -0.05) is 62.4 Å². The van der Waals surface area contributed by atoms with Gasteiger partial charge in [-0.3, -0.25) is 4.98 Å². The zero-order valence-electron chi connectivity index (χ0n) is 22.7. The molecule has 8 rings (SSSR count). The molecule has 194 valence electrons. The number of hydrogen-bond acceptors (Lipinski definition) is 3. The highest BCUT2D eigenvalue weighted by Crippen LogP contribution is 2.49. The number of nitriles is 1. The predicted molar refractivity (Wildman–Crippen MR) is 165 cm³/mol. The van der Waals surface area contributed by atoms with Gasteiger partial charge in [0.15, 0.2) is 0 Å². The highest BCUT2D eigenvalue weighted by molar-refractivity contribution is 6.12. The van der Waals surface area contributed by atoms with Crippen molar-refractivity contribution in [2.45, 2.75) is 19.3 Å². The molecule has 0 unspecified atom stereocenters. The Labute approximate surface area is 237 Å². The number of hydrogen-bond donors (Lipinski definition) is 0. The summed E-state index contributed by atoms with van der Waals surface area (Å²) in [6.45, 7) is 4.52. The van der Waals surface area contributed by atoms with Crippen molar-refractivity contribution in [3.05, 3.63) is 132 Å². The number of pyridine rings is 1. The maximum atomic E-state index is 9.72. The molecule has 41 heavy (non-hydrogen) atoms. The highest BCUT2D eigenvalue weighted by Gasteiger charge is 2.34. The van der Waals surface area contributed by atoms with E-state index >= 15 is 0 Å². The normalized spacial score (nSPS) is 13.5. The van der Waals surface area contributed by atoms with Crippen LogP contribution < -0.4 is 4.74 Å². The average Bonchev–Trinajstić information content (AvgIpc) is 3.33. The molecule has 0 fully saturated rings. The topological polar surface area (TPSA) is 50.8 Å². The monoisotopic (exact) mass is 527 g/mol. The Kier molecular flexibility index (Phi) is 4.90. The van der Waals surface area contributed by atoms with Gasteiger partial charge in [-0.2, -0.15) is 5.26 Å². The van der Waals surface area contributed by atoms with Crippen molar-refractivity contribution >= 4 is 32.7 Å². The molecule has 5 aromatic carbocycles. The minimum atomic E-state index is -0.190. The maximum absolute atomic E-state index is 9.72. The minimum Gasteiger partial charge on any atom is -0.457 e. The first-order valence-corrected chi connectivity index (χ1v) is 13.8. The van der Waals surface area contributed by atoms with Crippen LogP contribution in [0.25, 0.3) is 49.5 Å². The lowest BCUT2D eigenvalue weighted by Crippen LogP contribution is -2.24. The van der Waals surface area contributed by atoms with Crippen LogP contribution in [-0.4, -0.2) is 9.55 Å². The summed E-state index contributed by atoms with van der Waals surface area (Å²) >= 11 is 0. The Balaban J connectivity index is 1.36. The smallest absolute Gasteiger partial charge is 0.131 e. The van der Waals surface area contributed by atoms with Crippen LogP contribution in [-0.2, 0) is 5.41 Å². The van der Waals surface area contributed by atoms with E-state index in [1.807, 2.05) is 48.7 Å². The second-order valence-corrected chi connectivity index (χ2v) is 11.2. The molecule has 0 bridgehead atoms. The fourth-order valence-electron chi connectivity index (χ4n) is 6.43. The Morgan fingerprint density at radius 3 is 2.27 bits per heavy atom. The van der Waals surface area contributed by atoms with Gasteiger partial charge in [-0.05, 0) is 71.8 Å². The number of rotatable bonds is 2. The van der Waals surface area contributed by atoms with E-state index in [9.17, 15) is 5.26 Å². The number of aromatic nitrogens is 2. The van der Waals surface area contributed by atoms with Gasteiger partial charge in [-0.15, -0.1) is 0 Å². The zero-order valence-corrected chi connectivity index (χ0v) is 22.7. The van der Waals surface area contributed by atoms with Gasteiger partial charge in [0, 0.05) is 38.9 Å². The average molecular weight is 528 g/mol. The van der Waals surface area contributed by atoms with E-state index in [-0.39, 0.29) is 5.41 Å². The summed E-state index contributed by atoms with van der Waals surface area (Å²) < 4.78 is 8.60. The van der Waals surface area contributed by atoms with Gasteiger partial charge in [0.05, 0.1) is 33.9 Å². The highest BCUT2D eigenvalue weighted by atomic mass is 16.5. The summed E-state index contributed by atoms with van der Waals surface area (Å²) in [6, 6.07) is 40.0. The molecule has 4 nitrogen and oxygen atoms in total. The summed E-state index contributed by atoms with van der Waals surface area (Å²) in [4.78, 5) is 4.59. The van der Waals surface area contributed by atoms with E-state index in [2.05, 4.69) is 96.2 Å². The first-order valence-electron chi connectivity index (χ1n) is 13.8. The number of ether oxygens (including phenoxy) is 1. The number of nitrogens with zero attached hydrogens (tertiary/aromatic N) is 3. The van der Waals surface area contributed by atoms with Gasteiger partial charge in [-0.25, -0.2) is 0 Å². The van der Waals surface area contributed by atoms with Crippen LogP contribution in [0.15, 0.2) is 115 Å². The van der Waals surface area contributed by atoms with Gasteiger partial charge < -0.3 is 9.30 Å². The number of fused-ring (bicyclic) bond motifs is 6. The van der Waals surface area contributed by atoms with E-state index in [4.69, 9.17) is 4.74 Å². The summed E-state index contributed by atoms with van der Waals surface area (Å²) in [5, 5.41) is 13.0. The van der Waals surface area contributed by atoms with Crippen LogP contribution in [0.1, 0.15) is 30.5 Å². The molecule has 7 aromatic rings. The zero-order chi connectivity index (χ0) is 27.7. The molecule has 0 atom stereocenters. The quantitative estimate of drug-likeness (QED) is 0.225. The van der Waals surface area contributed by atoms with Crippen LogP contribution in [0.5, 0.6) is 11.5 Å². The molecule has 0 radical (unpaired) electrons. The molecular formula is C37H25N3O. The minimum absolute atomic E-state index is 0.190. The maximum Gasteiger partial charge on any atom is 0.131 e. The first-order chi connectivity index (χ1) is 20.0. The molecule has 0 saturated heterocycles. The molecule has 0 N–H and O–H groups in total. The fourth-order valence-corrected chi connectivity index (χ4v) is 6.43. The molecule has 1 aliphatic heterocycles. The van der Waals surface area contributed by atoms with Crippen molar-refractivity contribution in [2.75, 3.05) is 0 Å². The van der Waals surface area contributed by atoms with E-state index in [0.717, 1.165) is 61.0 Å². The lowest BCUT2D eigenvalue weighted by atomic mass is 9.75. The number of para-hydroxylation sites is 2. The summed E-state index contributed by atoms with van der Waals surface area (Å²) in [5.74, 6) is 1.82. The van der Waals surface area contributed by atoms with E-state index < -0.39 is 0 Å². The van der Waals surface area contributed by atoms with Crippen LogP contribution >= 0.6 is 0 Å². The predicted octanol–water partition coefficient (Wildman–Crippen LogP) is 9.30. The second-order valence-electron chi connectivity index (χ2n) is 11.2. The van der Waals surface area contributed by atoms with Gasteiger partial charge in [0.2, 0.25) is 0 Å². The number of benzene rings is 5. The van der Waals surface area contributed by atoms with Gasteiger partial charge in [0.1, 0.15) is 11.5 Å². The summed E-state index contributed by atoms with van der Waals surface area (Å²) in [5.41, 5.74) is 9.24. The van der Waals surface area contributed by atoms with E-state index in [1.165, 1.54) is 11.1 Å². The Morgan fingerprint density at radius 2 is 1.39 bits per heavy atom. The first kappa shape index (κ1) is 23.5. The largest absolute Gasteiger partial charge is 0.457 e. The molecule has 4 heteroatoms. The molecule has 0 amide bonds. The Morgan fingerprint density at radius 1 is 0.683 bits per heavy atom. The fraction of sp³-hybridized carbons (Fsp3) is 0.0811. The SMILES string of the molecule is CC1(C)c2ccccc2Oc2ccc(-c3ccc4c(c3)c3cc(C#N)ccc3n4-c3ccnc4ccccc34)cc21. The molecule has 3 heterocycles. The van der Waals surface area contributed by atoms with Crippen LogP contribution in [0.4, 0.5) is 0 Å². The van der Waals surface area contributed by atoms with E-state index in [0.29, 0.717) is 5.56 Å². The standard InChI is InChI=1S/C37H25N3O/c1-37(2)29-8-4-6-10-35(29)41-36-16-13-25(21-30(36)37)24-12-15-33-28(20-24)27-19-23(22-38)11-14-32(27)40(33)34-17-18-39-31-9-5-3-7-26(31)34/h3-21H,1-2H3. The van der Waals surface area contributed by atoms with Crippen LogP contribution in [0.3, 0.4) is 0 Å². The van der Waals surface area contributed by atoms with Gasteiger partial charge >= 0.3 is 0 Å². The molecule has 0 aliphatic carbocycles. The van der Waals surface area contributed by atoms with Crippen LogP contribution in [0.2, 0.25) is 0 Å². The van der Waals surface area contributed by atoms with Crippen molar-refractivity contribution in [3.8, 4) is 34.4 Å². The molecule has 2 aromatic heterocycles. The molecule has 1 aliphatic rings. The van der Waals surface area contributed by atoms with Crippen molar-refractivity contribution in [1.82, 2.24) is 9.55 Å². The van der Waals surface area contributed by atoms with Crippen molar-refractivity contribution in [2.24, 2.45) is 0 Å². The lowest BCUT2D eigenvalue weighted by Gasteiger charge is -2.34. The Hall–Kier alpha value is -5.40. The molecular weight excluding hydrogens is 502 g/mol. The van der Waals surface area contributed by atoms with E-state index in [1.54, 1.807) is 0 Å². The third-order valence-electron chi connectivity index (χ3n) is 8.53. The molecule has 0 saturated carbocycles. The second kappa shape index (κ2) is 8.55. The molecule has 0 spiro atoms. The van der Waals surface area contributed by atoms with Crippen molar-refractivity contribution < 1.29 is 4.74 Å².